The number of pyridine rings is 1. The largest absolute Gasteiger partial charge is 0.340 e. The Bertz CT molecular complexity index is 1450. The lowest BCUT2D eigenvalue weighted by Crippen LogP contribution is -1.92. The third kappa shape index (κ3) is 5.61. The van der Waals surface area contributed by atoms with E-state index in [9.17, 15) is 0 Å². The first kappa shape index (κ1) is 24.8. The first-order chi connectivity index (χ1) is 18.2. The molecule has 4 aromatic rings. The van der Waals surface area contributed by atoms with Crippen molar-refractivity contribution in [1.29, 1.82) is 0 Å². The number of aryl methyl sites for hydroxylation is 3. The molecule has 6 rings (SSSR count). The Morgan fingerprint density at radius 3 is 2.65 bits per heavy atom. The molecule has 190 valence electrons. The molecule has 0 saturated carbocycles. The van der Waals surface area contributed by atoms with Gasteiger partial charge in [-0.15, -0.1) is 10.2 Å². The Morgan fingerprint density at radius 2 is 1.86 bits per heavy atom. The van der Waals surface area contributed by atoms with Crippen molar-refractivity contribution < 1.29 is 0 Å². The van der Waals surface area contributed by atoms with Crippen LogP contribution in [0.15, 0.2) is 59.7 Å². The number of tetrazole rings is 1. The summed E-state index contributed by atoms with van der Waals surface area (Å²) >= 11 is 0. The van der Waals surface area contributed by atoms with Crippen LogP contribution in [-0.4, -0.2) is 35.6 Å². The Hall–Kier alpha value is -3.87. The summed E-state index contributed by atoms with van der Waals surface area (Å²) < 4.78 is 0. The van der Waals surface area contributed by atoms with Crippen molar-refractivity contribution in [1.82, 2.24) is 35.6 Å². The van der Waals surface area contributed by atoms with Gasteiger partial charge in [0, 0.05) is 17.7 Å². The molecule has 2 aliphatic rings. The van der Waals surface area contributed by atoms with Crippen LogP contribution in [0.5, 0.6) is 0 Å². The minimum absolute atomic E-state index is 0.643. The number of fused-ring (bicyclic) bond motifs is 1. The lowest BCUT2D eigenvalue weighted by Gasteiger charge is -2.07. The molecule has 0 unspecified atom stereocenters. The Labute approximate surface area is 218 Å². The van der Waals surface area contributed by atoms with E-state index in [-0.39, 0.29) is 0 Å². The highest BCUT2D eigenvalue weighted by Gasteiger charge is 2.16. The third-order valence-electron chi connectivity index (χ3n) is 7.12. The van der Waals surface area contributed by atoms with Crippen molar-refractivity contribution in [3.63, 3.8) is 0 Å². The normalized spacial score (nSPS) is 14.8. The molecule has 37 heavy (non-hydrogen) atoms. The van der Waals surface area contributed by atoms with Gasteiger partial charge >= 0.3 is 0 Å². The second-order valence-electron chi connectivity index (χ2n) is 9.73. The van der Waals surface area contributed by atoms with Gasteiger partial charge in [0.1, 0.15) is 5.82 Å². The van der Waals surface area contributed by atoms with Crippen LogP contribution in [-0.2, 0) is 12.8 Å². The average molecular weight is 494 g/mol. The molecule has 2 aliphatic carbocycles. The number of nitrogens with zero attached hydrogens (tertiary/aromatic N) is 5. The van der Waals surface area contributed by atoms with Crippen LogP contribution in [0.4, 0.5) is 0 Å². The summed E-state index contributed by atoms with van der Waals surface area (Å²) in [5.41, 5.74) is 10.9. The third-order valence-corrected chi connectivity index (χ3v) is 7.12. The van der Waals surface area contributed by atoms with Gasteiger partial charge in [0.25, 0.3) is 0 Å². The van der Waals surface area contributed by atoms with Crippen molar-refractivity contribution in [3.05, 3.63) is 82.4 Å². The lowest BCUT2D eigenvalue weighted by atomic mass is 9.97. The van der Waals surface area contributed by atoms with Crippen LogP contribution in [0.25, 0.3) is 28.1 Å². The van der Waals surface area contributed by atoms with Crippen LogP contribution in [0.3, 0.4) is 0 Å². The highest BCUT2D eigenvalue weighted by molar-refractivity contribution is 5.84. The van der Waals surface area contributed by atoms with Gasteiger partial charge in [0.15, 0.2) is 5.65 Å². The van der Waals surface area contributed by atoms with E-state index in [2.05, 4.69) is 92.8 Å². The van der Waals surface area contributed by atoms with Crippen LogP contribution in [0.2, 0.25) is 0 Å². The molecule has 7 nitrogen and oxygen atoms in total. The van der Waals surface area contributed by atoms with E-state index in [4.69, 9.17) is 0 Å². The second-order valence-corrected chi connectivity index (χ2v) is 9.73. The van der Waals surface area contributed by atoms with E-state index in [1.807, 2.05) is 12.1 Å². The number of allylic oxidation sites excluding steroid dienone is 6. The van der Waals surface area contributed by atoms with Crippen molar-refractivity contribution in [2.75, 3.05) is 0 Å². The van der Waals surface area contributed by atoms with Gasteiger partial charge in [-0.2, -0.15) is 5.21 Å². The van der Waals surface area contributed by atoms with Crippen LogP contribution in [0.1, 0.15) is 75.0 Å². The zero-order chi connectivity index (χ0) is 25.6. The van der Waals surface area contributed by atoms with Crippen molar-refractivity contribution in [3.8, 4) is 11.4 Å². The summed E-state index contributed by atoms with van der Waals surface area (Å²) in [6.07, 6.45) is 16.1. The highest BCUT2D eigenvalue weighted by Crippen LogP contribution is 2.35. The molecule has 0 amide bonds. The van der Waals surface area contributed by atoms with Gasteiger partial charge in [-0.05, 0) is 79.0 Å². The van der Waals surface area contributed by atoms with Gasteiger partial charge in [-0.3, -0.25) is 0 Å². The fourth-order valence-corrected chi connectivity index (χ4v) is 5.07. The van der Waals surface area contributed by atoms with Gasteiger partial charge in [-0.25, -0.2) is 9.97 Å². The first-order valence-corrected chi connectivity index (χ1v) is 13.4. The zero-order valence-electron chi connectivity index (χ0n) is 22.0. The maximum Gasteiger partial charge on any atom is 0.205 e. The van der Waals surface area contributed by atoms with Gasteiger partial charge in [0.2, 0.25) is 5.82 Å². The molecule has 0 saturated heterocycles. The molecule has 0 radical (unpaired) electrons. The highest BCUT2D eigenvalue weighted by atomic mass is 15.5. The predicted molar refractivity (Wildman–Crippen MR) is 149 cm³/mol. The summed E-state index contributed by atoms with van der Waals surface area (Å²) in [6.45, 7) is 6.43. The van der Waals surface area contributed by atoms with Gasteiger partial charge in [-0.1, -0.05) is 68.3 Å². The number of hydrogen-bond acceptors (Lipinski definition) is 5. The maximum atomic E-state index is 4.60. The second kappa shape index (κ2) is 11.5. The molecule has 0 atom stereocenters. The lowest BCUT2D eigenvalue weighted by molar-refractivity contribution is 0.778. The van der Waals surface area contributed by atoms with E-state index < -0.39 is 0 Å². The number of aromatic amines is 2. The molecule has 0 spiro atoms. The molecule has 3 aromatic heterocycles. The molecule has 7 heteroatoms. The van der Waals surface area contributed by atoms with Crippen molar-refractivity contribution in [2.24, 2.45) is 0 Å². The number of rotatable bonds is 6. The fourth-order valence-electron chi connectivity index (χ4n) is 5.07. The quantitative estimate of drug-likeness (QED) is 0.306. The topological polar surface area (TPSA) is 96.0 Å². The Kier molecular flexibility index (Phi) is 7.68. The number of hydrogen-bond donors (Lipinski definition) is 2. The average Bonchev–Trinajstić information content (AvgIpc) is 3.68. The summed E-state index contributed by atoms with van der Waals surface area (Å²) in [7, 11) is 0. The Balaban J connectivity index is 0.000000158. The molecule has 3 heterocycles. The number of nitrogens with one attached hydrogen (secondary N) is 2. The van der Waals surface area contributed by atoms with Gasteiger partial charge in [0.05, 0.1) is 5.52 Å². The molecule has 0 fully saturated rings. The van der Waals surface area contributed by atoms with Gasteiger partial charge < -0.3 is 4.98 Å². The molecular formula is C30H35N7. The molecule has 0 aliphatic heterocycles. The Morgan fingerprint density at radius 1 is 1.00 bits per heavy atom. The summed E-state index contributed by atoms with van der Waals surface area (Å²) in [5.74, 6) is 1.67. The van der Waals surface area contributed by atoms with Crippen LogP contribution in [0, 0.1) is 6.92 Å². The maximum absolute atomic E-state index is 4.60. The molecular weight excluding hydrogens is 458 g/mol. The van der Waals surface area contributed by atoms with E-state index in [0.717, 1.165) is 47.4 Å². The molecule has 0 bridgehead atoms. The monoisotopic (exact) mass is 493 g/mol. The molecule has 1 aromatic carbocycles. The number of aromatic nitrogens is 7. The van der Waals surface area contributed by atoms with Crippen LogP contribution < -0.4 is 0 Å². The van der Waals surface area contributed by atoms with E-state index >= 15 is 0 Å². The van der Waals surface area contributed by atoms with Crippen molar-refractivity contribution in [2.45, 2.75) is 72.1 Å². The molecule has 2 N–H and O–H groups in total. The predicted octanol–water partition coefficient (Wildman–Crippen LogP) is 6.86. The van der Waals surface area contributed by atoms with E-state index in [0.29, 0.717) is 5.82 Å². The zero-order valence-corrected chi connectivity index (χ0v) is 22.0. The van der Waals surface area contributed by atoms with E-state index in [1.165, 1.54) is 54.5 Å². The number of H-pyrrole nitrogens is 2. The van der Waals surface area contributed by atoms with Crippen LogP contribution >= 0.6 is 0 Å². The van der Waals surface area contributed by atoms with Crippen molar-refractivity contribution >= 4 is 16.7 Å². The standard InChI is InChI=1S/C17H16N4.C13H19N3/c1-2-7-16(17-18-20-21-19-17)15(6-1)14-10-8-12-4-3-5-13(12)9-11-14;1-4-6-7-10-8-9(3)12-13(14-10)16-11(5-2)15-12/h1-2,6-8,10-11H,3-5,9H2,(H,18,19,20,21);8H,4-7H2,1-3H3,(H,14,15,16). The number of unbranched alkanes of at least 4 members (excludes halogenated alkanes) is 1. The fraction of sp³-hybridized carbons (Fsp3) is 0.367. The smallest absolute Gasteiger partial charge is 0.205 e. The number of imidazole rings is 1. The number of benzene rings is 1. The first-order valence-electron chi connectivity index (χ1n) is 13.4. The summed E-state index contributed by atoms with van der Waals surface area (Å²) in [5, 5.41) is 14.4. The summed E-state index contributed by atoms with van der Waals surface area (Å²) in [6, 6.07) is 10.4. The SMILES string of the molecule is C1=CC2=C(CC=C1c1ccccc1-c1nn[nH]n1)CCC2.CCCCc1cc(C)c2[nH]c(CC)nc2n1. The summed E-state index contributed by atoms with van der Waals surface area (Å²) in [4.78, 5) is 12.4. The van der Waals surface area contributed by atoms with E-state index in [1.54, 1.807) is 5.57 Å². The minimum atomic E-state index is 0.643. The minimum Gasteiger partial charge on any atom is -0.340 e.